The number of hydrogen-bond acceptors (Lipinski definition) is 4. The Morgan fingerprint density at radius 3 is 2.64 bits per heavy atom. The van der Waals surface area contributed by atoms with Crippen LogP contribution in [0.4, 0.5) is 0 Å². The van der Waals surface area contributed by atoms with Crippen LogP contribution >= 0.6 is 24.8 Å². The van der Waals surface area contributed by atoms with Gasteiger partial charge in [-0.2, -0.15) is 0 Å². The van der Waals surface area contributed by atoms with Crippen LogP contribution in [0.15, 0.2) is 24.3 Å². The van der Waals surface area contributed by atoms with Crippen molar-refractivity contribution in [2.24, 2.45) is 0 Å². The van der Waals surface area contributed by atoms with Crippen LogP contribution in [-0.2, 0) is 17.8 Å². The maximum absolute atomic E-state index is 12.2. The van der Waals surface area contributed by atoms with E-state index in [-0.39, 0.29) is 42.3 Å². The van der Waals surface area contributed by atoms with Crippen LogP contribution in [0.3, 0.4) is 0 Å². The van der Waals surface area contributed by atoms with Crippen molar-refractivity contribution in [3.05, 3.63) is 35.4 Å². The first kappa shape index (κ1) is 22.2. The smallest absolute Gasteiger partial charge is 0.237 e. The number of hydrogen-bond donors (Lipinski definition) is 3. The second kappa shape index (κ2) is 9.19. The molecule has 142 valence electrons. The molecule has 2 heterocycles. The minimum atomic E-state index is -0.405. The second-order valence-corrected chi connectivity index (χ2v) is 7.32. The molecule has 25 heavy (non-hydrogen) atoms. The number of carbonyl (C=O) groups excluding carboxylic acids is 1. The molecule has 7 heteroatoms. The van der Waals surface area contributed by atoms with E-state index in [4.69, 9.17) is 0 Å². The van der Waals surface area contributed by atoms with Gasteiger partial charge in [0.1, 0.15) is 0 Å². The van der Waals surface area contributed by atoms with Gasteiger partial charge in [0.25, 0.3) is 0 Å². The Bertz CT molecular complexity index is 583. The summed E-state index contributed by atoms with van der Waals surface area (Å²) in [6.07, 6.45) is 1.16. The topological polar surface area (TPSA) is 64.6 Å². The van der Waals surface area contributed by atoms with Gasteiger partial charge in [-0.15, -0.1) is 24.8 Å². The molecule has 2 aliphatic heterocycles. The van der Waals surface area contributed by atoms with Crippen molar-refractivity contribution in [2.45, 2.75) is 50.9 Å². The maximum atomic E-state index is 12.2. The SMILES string of the molecule is CC(C)(CNC(=O)C1CC(O)CN1)N1CCc2ccccc2C1.Cl.Cl. The minimum Gasteiger partial charge on any atom is -0.392 e. The second-order valence-electron chi connectivity index (χ2n) is 7.32. The number of nitrogens with one attached hydrogen (secondary N) is 2. The summed E-state index contributed by atoms with van der Waals surface area (Å²) in [7, 11) is 0. The lowest BCUT2D eigenvalue weighted by Gasteiger charge is -2.41. The Morgan fingerprint density at radius 1 is 1.32 bits per heavy atom. The van der Waals surface area contributed by atoms with Crippen molar-refractivity contribution in [2.75, 3.05) is 19.6 Å². The minimum absolute atomic E-state index is 0. The van der Waals surface area contributed by atoms with E-state index in [0.717, 1.165) is 19.5 Å². The average Bonchev–Trinajstić information content (AvgIpc) is 2.99. The number of benzene rings is 1. The Hall–Kier alpha value is -0.850. The lowest BCUT2D eigenvalue weighted by Crippen LogP contribution is -2.54. The molecule has 1 fully saturated rings. The number of aliphatic hydroxyl groups is 1. The molecular weight excluding hydrogens is 361 g/mol. The first-order valence-corrected chi connectivity index (χ1v) is 8.47. The van der Waals surface area contributed by atoms with Gasteiger partial charge >= 0.3 is 0 Å². The number of β-amino-alcohol motifs (C(OH)–C–C–N with tert-alkyl or cyclic N) is 1. The first-order valence-electron chi connectivity index (χ1n) is 8.47. The van der Waals surface area contributed by atoms with Gasteiger partial charge < -0.3 is 15.7 Å². The third kappa shape index (κ3) is 5.31. The fraction of sp³-hybridized carbons (Fsp3) is 0.611. The lowest BCUT2D eigenvalue weighted by molar-refractivity contribution is -0.123. The van der Waals surface area contributed by atoms with E-state index in [1.54, 1.807) is 0 Å². The number of fused-ring (bicyclic) bond motifs is 1. The Balaban J connectivity index is 0.00000156. The van der Waals surface area contributed by atoms with Gasteiger partial charge in [-0.1, -0.05) is 24.3 Å². The molecule has 2 aliphatic rings. The van der Waals surface area contributed by atoms with E-state index in [1.807, 2.05) is 0 Å². The summed E-state index contributed by atoms with van der Waals surface area (Å²) >= 11 is 0. The molecule has 5 nitrogen and oxygen atoms in total. The third-order valence-corrected chi connectivity index (χ3v) is 5.11. The normalized spacial score (nSPS) is 23.2. The molecule has 1 amide bonds. The van der Waals surface area contributed by atoms with E-state index in [9.17, 15) is 9.90 Å². The molecule has 0 spiro atoms. The summed E-state index contributed by atoms with van der Waals surface area (Å²) < 4.78 is 0. The molecule has 0 aliphatic carbocycles. The van der Waals surface area contributed by atoms with Crippen LogP contribution in [0.25, 0.3) is 0 Å². The molecule has 1 aromatic carbocycles. The summed E-state index contributed by atoms with van der Waals surface area (Å²) in [5.41, 5.74) is 2.73. The lowest BCUT2D eigenvalue weighted by atomic mass is 9.94. The highest BCUT2D eigenvalue weighted by Gasteiger charge is 2.32. The number of rotatable bonds is 4. The fourth-order valence-corrected chi connectivity index (χ4v) is 3.47. The van der Waals surface area contributed by atoms with E-state index in [2.05, 4.69) is 53.6 Å². The van der Waals surface area contributed by atoms with Crippen molar-refractivity contribution in [3.8, 4) is 0 Å². The number of halogens is 2. The zero-order chi connectivity index (χ0) is 16.4. The number of carbonyl (C=O) groups is 1. The zero-order valence-electron chi connectivity index (χ0n) is 14.8. The highest BCUT2D eigenvalue weighted by molar-refractivity contribution is 5.85. The molecule has 3 N–H and O–H groups in total. The summed E-state index contributed by atoms with van der Waals surface area (Å²) in [6, 6.07) is 8.33. The van der Waals surface area contributed by atoms with Crippen LogP contribution in [0.1, 0.15) is 31.4 Å². The molecule has 0 radical (unpaired) electrons. The van der Waals surface area contributed by atoms with E-state index >= 15 is 0 Å². The molecule has 0 bridgehead atoms. The van der Waals surface area contributed by atoms with E-state index in [1.165, 1.54) is 11.1 Å². The van der Waals surface area contributed by atoms with Gasteiger partial charge in [-0.05, 0) is 37.8 Å². The Labute approximate surface area is 162 Å². The molecule has 1 saturated heterocycles. The maximum Gasteiger partial charge on any atom is 0.237 e. The number of aliphatic hydroxyl groups excluding tert-OH is 1. The van der Waals surface area contributed by atoms with Gasteiger partial charge in [0.2, 0.25) is 5.91 Å². The van der Waals surface area contributed by atoms with Crippen molar-refractivity contribution in [1.82, 2.24) is 15.5 Å². The molecule has 2 atom stereocenters. The largest absolute Gasteiger partial charge is 0.392 e. The molecule has 2 unspecified atom stereocenters. The predicted molar refractivity (Wildman–Crippen MR) is 105 cm³/mol. The predicted octanol–water partition coefficient (Wildman–Crippen LogP) is 1.51. The highest BCUT2D eigenvalue weighted by Crippen LogP contribution is 2.25. The fourth-order valence-electron chi connectivity index (χ4n) is 3.47. The number of nitrogens with zero attached hydrogens (tertiary/aromatic N) is 1. The van der Waals surface area contributed by atoms with Crippen LogP contribution in [0, 0.1) is 0 Å². The van der Waals surface area contributed by atoms with Crippen molar-refractivity contribution in [3.63, 3.8) is 0 Å². The Morgan fingerprint density at radius 2 is 2.00 bits per heavy atom. The summed E-state index contributed by atoms with van der Waals surface area (Å²) in [5, 5.41) is 15.6. The monoisotopic (exact) mass is 389 g/mol. The quantitative estimate of drug-likeness (QED) is 0.729. The standard InChI is InChI=1S/C18H27N3O2.2ClH/c1-18(2,12-20-17(23)16-9-15(22)10-19-16)21-8-7-13-5-3-4-6-14(13)11-21;;/h3-6,15-16,19,22H,7-12H2,1-2H3,(H,20,23);2*1H. The summed E-state index contributed by atoms with van der Waals surface area (Å²) in [5.74, 6) is -0.00738. The van der Waals surface area contributed by atoms with Gasteiger partial charge in [-0.25, -0.2) is 0 Å². The van der Waals surface area contributed by atoms with E-state index in [0.29, 0.717) is 19.5 Å². The van der Waals surface area contributed by atoms with Gasteiger partial charge in [0, 0.05) is 31.7 Å². The van der Waals surface area contributed by atoms with Crippen molar-refractivity contribution >= 4 is 30.7 Å². The van der Waals surface area contributed by atoms with Crippen molar-refractivity contribution in [1.29, 1.82) is 0 Å². The van der Waals surface area contributed by atoms with Crippen LogP contribution in [0.5, 0.6) is 0 Å². The Kier molecular flexibility index (Phi) is 8.16. The first-order chi connectivity index (χ1) is 11.0. The summed E-state index contributed by atoms with van der Waals surface area (Å²) in [6.45, 7) is 7.42. The van der Waals surface area contributed by atoms with Crippen LogP contribution in [-0.4, -0.2) is 53.2 Å². The molecule has 3 rings (SSSR count). The molecule has 0 aromatic heterocycles. The van der Waals surface area contributed by atoms with Gasteiger partial charge in [0.15, 0.2) is 0 Å². The van der Waals surface area contributed by atoms with Crippen molar-refractivity contribution < 1.29 is 9.90 Å². The van der Waals surface area contributed by atoms with Crippen LogP contribution in [0.2, 0.25) is 0 Å². The third-order valence-electron chi connectivity index (χ3n) is 5.11. The summed E-state index contributed by atoms with van der Waals surface area (Å²) in [4.78, 5) is 14.7. The molecule has 1 aromatic rings. The number of amides is 1. The van der Waals surface area contributed by atoms with E-state index < -0.39 is 6.10 Å². The highest BCUT2D eigenvalue weighted by atomic mass is 35.5. The van der Waals surface area contributed by atoms with Gasteiger partial charge in [-0.3, -0.25) is 9.69 Å². The van der Waals surface area contributed by atoms with Crippen LogP contribution < -0.4 is 10.6 Å². The molecule has 0 saturated carbocycles. The van der Waals surface area contributed by atoms with Gasteiger partial charge in [0.05, 0.1) is 12.1 Å². The average molecular weight is 390 g/mol. The zero-order valence-corrected chi connectivity index (χ0v) is 16.5. The molecular formula is C18H29Cl2N3O2.